The summed E-state index contributed by atoms with van der Waals surface area (Å²) >= 11 is 1.59. The van der Waals surface area contributed by atoms with E-state index >= 15 is 0 Å². The van der Waals surface area contributed by atoms with Gasteiger partial charge in [-0.15, -0.1) is 11.3 Å². The first-order valence-electron chi connectivity index (χ1n) is 5.55. The predicted octanol–water partition coefficient (Wildman–Crippen LogP) is 1.38. The van der Waals surface area contributed by atoms with Crippen LogP contribution in [0.5, 0.6) is 0 Å². The number of rotatable bonds is 3. The summed E-state index contributed by atoms with van der Waals surface area (Å²) < 4.78 is 5.05. The molecular weight excluding hydrogens is 224 g/mol. The van der Waals surface area contributed by atoms with Crippen molar-refractivity contribution in [1.29, 1.82) is 0 Å². The van der Waals surface area contributed by atoms with Crippen molar-refractivity contribution in [2.45, 2.75) is 43.9 Å². The minimum absolute atomic E-state index is 0.186. The second kappa shape index (κ2) is 4.79. The van der Waals surface area contributed by atoms with Crippen LogP contribution in [0.25, 0.3) is 0 Å². The second-order valence-corrected chi connectivity index (χ2v) is 5.39. The number of nitrogens with two attached hydrogens (primary N) is 1. The molecule has 3 N–H and O–H groups in total. The summed E-state index contributed by atoms with van der Waals surface area (Å²) in [5.41, 5.74) is 6.95. The molecule has 4 nitrogen and oxygen atoms in total. The van der Waals surface area contributed by atoms with E-state index in [1.165, 1.54) is 0 Å². The van der Waals surface area contributed by atoms with E-state index in [1.807, 2.05) is 5.38 Å². The molecule has 0 aromatic carbocycles. The Labute approximate surface area is 99.5 Å². The van der Waals surface area contributed by atoms with Crippen LogP contribution in [0.4, 0.5) is 0 Å². The quantitative estimate of drug-likeness (QED) is 0.840. The maximum Gasteiger partial charge on any atom is 0.119 e. The fraction of sp³-hybridized carbons (Fsp3) is 0.727. The fourth-order valence-corrected chi connectivity index (χ4v) is 2.98. The molecule has 1 aliphatic rings. The van der Waals surface area contributed by atoms with Crippen LogP contribution < -0.4 is 5.73 Å². The molecule has 16 heavy (non-hydrogen) atoms. The van der Waals surface area contributed by atoms with Crippen LogP contribution in [0.15, 0.2) is 5.38 Å². The van der Waals surface area contributed by atoms with Crippen molar-refractivity contribution < 1.29 is 9.84 Å². The van der Waals surface area contributed by atoms with Crippen LogP contribution in [0, 0.1) is 0 Å². The first-order valence-corrected chi connectivity index (χ1v) is 6.43. The lowest BCUT2D eigenvalue weighted by molar-refractivity contribution is 0.0956. The molecule has 1 aromatic heterocycles. The number of hydrogen-bond acceptors (Lipinski definition) is 5. The van der Waals surface area contributed by atoms with Crippen LogP contribution in [0.3, 0.4) is 0 Å². The van der Waals surface area contributed by atoms with Crippen molar-refractivity contribution in [3.05, 3.63) is 16.1 Å². The SMILES string of the molecule is COCc1nc(C2(N)CCC(O)CC2)cs1. The van der Waals surface area contributed by atoms with Gasteiger partial charge in [0.2, 0.25) is 0 Å². The van der Waals surface area contributed by atoms with E-state index in [1.54, 1.807) is 18.4 Å². The van der Waals surface area contributed by atoms with Crippen LogP contribution in [-0.4, -0.2) is 23.3 Å². The van der Waals surface area contributed by atoms with Crippen LogP contribution in [0.2, 0.25) is 0 Å². The highest BCUT2D eigenvalue weighted by Crippen LogP contribution is 2.35. The normalized spacial score (nSPS) is 30.6. The molecule has 5 heteroatoms. The highest BCUT2D eigenvalue weighted by atomic mass is 32.1. The van der Waals surface area contributed by atoms with Crippen LogP contribution in [0.1, 0.15) is 36.4 Å². The van der Waals surface area contributed by atoms with Crippen LogP contribution in [-0.2, 0) is 16.9 Å². The lowest BCUT2D eigenvalue weighted by Crippen LogP contribution is -2.41. The molecular formula is C11H18N2O2S. The molecule has 0 saturated heterocycles. The maximum absolute atomic E-state index is 9.48. The Hall–Kier alpha value is -0.490. The van der Waals surface area contributed by atoms with Crippen molar-refractivity contribution in [3.63, 3.8) is 0 Å². The van der Waals surface area contributed by atoms with E-state index in [-0.39, 0.29) is 11.6 Å². The van der Waals surface area contributed by atoms with Gasteiger partial charge in [0.05, 0.1) is 23.9 Å². The minimum Gasteiger partial charge on any atom is -0.393 e. The Morgan fingerprint density at radius 2 is 2.31 bits per heavy atom. The molecule has 0 unspecified atom stereocenters. The van der Waals surface area contributed by atoms with Crippen molar-refractivity contribution >= 4 is 11.3 Å². The van der Waals surface area contributed by atoms with Gasteiger partial charge in [0.15, 0.2) is 0 Å². The van der Waals surface area contributed by atoms with Crippen molar-refractivity contribution in [2.75, 3.05) is 7.11 Å². The zero-order valence-corrected chi connectivity index (χ0v) is 10.3. The van der Waals surface area contributed by atoms with Gasteiger partial charge in [0.25, 0.3) is 0 Å². The standard InChI is InChI=1S/C11H18N2O2S/c1-15-6-10-13-9(7-16-10)11(12)4-2-8(14)3-5-11/h7-8,14H,2-6,12H2,1H3. The van der Waals surface area contributed by atoms with Gasteiger partial charge < -0.3 is 15.6 Å². The Morgan fingerprint density at radius 1 is 1.62 bits per heavy atom. The predicted molar refractivity (Wildman–Crippen MR) is 63.2 cm³/mol. The van der Waals surface area contributed by atoms with Crippen molar-refractivity contribution in [2.24, 2.45) is 5.73 Å². The van der Waals surface area contributed by atoms with Gasteiger partial charge in [0.1, 0.15) is 5.01 Å². The molecule has 1 aliphatic carbocycles. The lowest BCUT2D eigenvalue weighted by Gasteiger charge is -2.34. The number of thiazole rings is 1. The third kappa shape index (κ3) is 2.43. The molecule has 0 aliphatic heterocycles. The molecule has 0 bridgehead atoms. The second-order valence-electron chi connectivity index (χ2n) is 4.45. The summed E-state index contributed by atoms with van der Waals surface area (Å²) in [6.45, 7) is 0.545. The molecule has 1 saturated carbocycles. The molecule has 2 rings (SSSR count). The average Bonchev–Trinajstić information content (AvgIpc) is 2.73. The Bertz CT molecular complexity index is 346. The Kier molecular flexibility index (Phi) is 3.59. The Morgan fingerprint density at radius 3 is 2.94 bits per heavy atom. The topological polar surface area (TPSA) is 68.4 Å². The molecule has 1 heterocycles. The highest BCUT2D eigenvalue weighted by Gasteiger charge is 2.34. The number of methoxy groups -OCH3 is 1. The van der Waals surface area contributed by atoms with Crippen molar-refractivity contribution in [1.82, 2.24) is 4.98 Å². The number of ether oxygens (including phenoxy) is 1. The van der Waals surface area contributed by atoms with Gasteiger partial charge in [-0.05, 0) is 25.7 Å². The molecule has 1 fully saturated rings. The van der Waals surface area contributed by atoms with Gasteiger partial charge in [-0.25, -0.2) is 4.98 Å². The first-order chi connectivity index (χ1) is 7.64. The average molecular weight is 242 g/mol. The molecule has 90 valence electrons. The van der Waals surface area contributed by atoms with Gasteiger partial charge in [-0.3, -0.25) is 0 Å². The van der Waals surface area contributed by atoms with E-state index < -0.39 is 0 Å². The van der Waals surface area contributed by atoms with Crippen LogP contribution >= 0.6 is 11.3 Å². The molecule has 0 spiro atoms. The first kappa shape index (κ1) is 12.0. The third-order valence-electron chi connectivity index (χ3n) is 3.18. The fourth-order valence-electron chi connectivity index (χ4n) is 2.10. The minimum atomic E-state index is -0.346. The summed E-state index contributed by atoms with van der Waals surface area (Å²) in [5, 5.41) is 12.5. The summed E-state index contributed by atoms with van der Waals surface area (Å²) in [4.78, 5) is 4.51. The smallest absolute Gasteiger partial charge is 0.119 e. The lowest BCUT2D eigenvalue weighted by atomic mass is 9.79. The number of hydrogen-bond donors (Lipinski definition) is 2. The monoisotopic (exact) mass is 242 g/mol. The zero-order valence-electron chi connectivity index (χ0n) is 9.48. The molecule has 0 amide bonds. The number of aliphatic hydroxyl groups is 1. The largest absolute Gasteiger partial charge is 0.393 e. The Balaban J connectivity index is 2.09. The molecule has 0 radical (unpaired) electrons. The molecule has 0 atom stereocenters. The number of aromatic nitrogens is 1. The third-order valence-corrected chi connectivity index (χ3v) is 4.00. The van der Waals surface area contributed by atoms with Gasteiger partial charge >= 0.3 is 0 Å². The summed E-state index contributed by atoms with van der Waals surface area (Å²) in [5.74, 6) is 0. The van der Waals surface area contributed by atoms with Gasteiger partial charge in [-0.1, -0.05) is 0 Å². The number of aliphatic hydroxyl groups excluding tert-OH is 1. The highest BCUT2D eigenvalue weighted by molar-refractivity contribution is 7.09. The van der Waals surface area contributed by atoms with Gasteiger partial charge in [-0.2, -0.15) is 0 Å². The zero-order chi connectivity index (χ0) is 11.6. The van der Waals surface area contributed by atoms with E-state index in [2.05, 4.69) is 4.98 Å². The summed E-state index contributed by atoms with van der Waals surface area (Å²) in [7, 11) is 1.66. The molecule has 1 aromatic rings. The van der Waals surface area contributed by atoms with E-state index in [0.717, 1.165) is 36.4 Å². The summed E-state index contributed by atoms with van der Waals surface area (Å²) in [6, 6.07) is 0. The van der Waals surface area contributed by atoms with Gasteiger partial charge in [0, 0.05) is 12.5 Å². The van der Waals surface area contributed by atoms with E-state index in [4.69, 9.17) is 10.5 Å². The summed E-state index contributed by atoms with van der Waals surface area (Å²) in [6.07, 6.45) is 2.98. The van der Waals surface area contributed by atoms with E-state index in [0.29, 0.717) is 6.61 Å². The maximum atomic E-state index is 9.48. The number of nitrogens with zero attached hydrogens (tertiary/aromatic N) is 1. The van der Waals surface area contributed by atoms with E-state index in [9.17, 15) is 5.11 Å². The van der Waals surface area contributed by atoms with Crippen molar-refractivity contribution in [3.8, 4) is 0 Å².